The third-order valence-corrected chi connectivity index (χ3v) is 5.53. The van der Waals surface area contributed by atoms with E-state index in [1.54, 1.807) is 11.0 Å². The molecule has 7 heteroatoms. The number of carbonyl (C=O) groups excluding carboxylic acids is 1. The van der Waals surface area contributed by atoms with Gasteiger partial charge in [-0.2, -0.15) is 0 Å². The molecule has 152 valence electrons. The maximum absolute atomic E-state index is 13.9. The maximum atomic E-state index is 13.9. The number of fused-ring (bicyclic) bond motifs is 3. The predicted octanol–water partition coefficient (Wildman–Crippen LogP) is 4.40. The highest BCUT2D eigenvalue weighted by Crippen LogP contribution is 2.35. The second-order valence-corrected chi connectivity index (χ2v) is 7.34. The van der Waals surface area contributed by atoms with Crippen LogP contribution in [0.25, 0.3) is 11.0 Å². The van der Waals surface area contributed by atoms with Crippen LogP contribution in [0.4, 0.5) is 14.9 Å². The van der Waals surface area contributed by atoms with Gasteiger partial charge >= 0.3 is 6.09 Å². The van der Waals surface area contributed by atoms with Gasteiger partial charge in [0, 0.05) is 18.0 Å². The molecule has 0 unspecified atom stereocenters. The summed E-state index contributed by atoms with van der Waals surface area (Å²) >= 11 is 0. The van der Waals surface area contributed by atoms with Gasteiger partial charge in [0.15, 0.2) is 11.6 Å². The van der Waals surface area contributed by atoms with E-state index in [1.165, 1.54) is 20.3 Å². The summed E-state index contributed by atoms with van der Waals surface area (Å²) in [5.41, 5.74) is 4.64. The second-order valence-electron chi connectivity index (χ2n) is 7.34. The average Bonchev–Trinajstić information content (AvgIpc) is 3.15. The Hall–Kier alpha value is -3.09. The minimum atomic E-state index is -0.360. The zero-order valence-corrected chi connectivity index (χ0v) is 16.8. The van der Waals surface area contributed by atoms with Crippen molar-refractivity contribution >= 4 is 22.8 Å². The monoisotopic (exact) mass is 397 g/mol. The number of anilines is 1. The summed E-state index contributed by atoms with van der Waals surface area (Å²) in [7, 11) is 2.85. The van der Waals surface area contributed by atoms with Crippen molar-refractivity contribution < 1.29 is 18.7 Å². The Labute approximate surface area is 168 Å². The molecule has 1 aliphatic heterocycles. The lowest BCUT2D eigenvalue weighted by Gasteiger charge is -2.34. The number of methoxy groups -OCH3 is 2. The first-order valence-corrected chi connectivity index (χ1v) is 9.72. The summed E-state index contributed by atoms with van der Waals surface area (Å²) in [4.78, 5) is 22.1. The molecule has 6 nitrogen and oxygen atoms in total. The van der Waals surface area contributed by atoms with Gasteiger partial charge in [-0.1, -0.05) is 6.07 Å². The van der Waals surface area contributed by atoms with Gasteiger partial charge in [0.25, 0.3) is 0 Å². The van der Waals surface area contributed by atoms with Crippen LogP contribution in [-0.2, 0) is 24.0 Å². The van der Waals surface area contributed by atoms with Crippen LogP contribution < -0.4 is 9.64 Å². The summed E-state index contributed by atoms with van der Waals surface area (Å²) < 4.78 is 23.8. The maximum Gasteiger partial charge on any atom is 0.414 e. The number of amides is 1. The first-order chi connectivity index (χ1) is 14.0. The summed E-state index contributed by atoms with van der Waals surface area (Å²) in [6.07, 6.45) is 2.68. The van der Waals surface area contributed by atoms with Crippen molar-refractivity contribution in [1.82, 2.24) is 9.97 Å². The molecule has 0 aliphatic carbocycles. The molecule has 29 heavy (non-hydrogen) atoms. The summed E-state index contributed by atoms with van der Waals surface area (Å²) in [6, 6.07) is 8.98. The van der Waals surface area contributed by atoms with Crippen molar-refractivity contribution in [2.75, 3.05) is 19.1 Å². The SMILES string of the molecule is COC(=O)N1c2ccc3[nH]c(CCc4ccc(OC)c(F)c4)nc3c2CC[C@@H]1C. The van der Waals surface area contributed by atoms with Crippen LogP contribution in [0.5, 0.6) is 5.75 Å². The van der Waals surface area contributed by atoms with E-state index in [0.717, 1.165) is 46.5 Å². The Bertz CT molecular complexity index is 1060. The summed E-state index contributed by atoms with van der Waals surface area (Å²) in [5.74, 6) is 0.724. The van der Waals surface area contributed by atoms with Crippen molar-refractivity contribution in [3.8, 4) is 5.75 Å². The molecule has 1 aliphatic rings. The average molecular weight is 397 g/mol. The number of aromatic amines is 1. The quantitative estimate of drug-likeness (QED) is 0.708. The molecule has 0 fully saturated rings. The number of H-pyrrole nitrogens is 1. The second kappa shape index (κ2) is 7.73. The molecule has 1 atom stereocenters. The first kappa shape index (κ1) is 19.2. The van der Waals surface area contributed by atoms with E-state index < -0.39 is 0 Å². The van der Waals surface area contributed by atoms with Crippen molar-refractivity contribution in [3.05, 3.63) is 53.1 Å². The van der Waals surface area contributed by atoms with E-state index in [0.29, 0.717) is 12.8 Å². The number of hydrogen-bond acceptors (Lipinski definition) is 4. The van der Waals surface area contributed by atoms with Crippen LogP contribution in [-0.4, -0.2) is 36.3 Å². The number of ether oxygens (including phenoxy) is 2. The van der Waals surface area contributed by atoms with Crippen LogP contribution in [0.2, 0.25) is 0 Å². The van der Waals surface area contributed by atoms with Gasteiger partial charge in [-0.25, -0.2) is 14.2 Å². The standard InChI is InChI=1S/C22H24FN3O3/c1-13-4-7-15-18(26(13)22(27)29-3)9-8-17-21(15)25-20(24-17)11-6-14-5-10-19(28-2)16(23)12-14/h5,8-10,12-13H,4,6-7,11H2,1-3H3,(H,24,25)/t13-/m0/s1. The van der Waals surface area contributed by atoms with Gasteiger partial charge in [0.05, 0.1) is 30.9 Å². The zero-order valence-electron chi connectivity index (χ0n) is 16.8. The minimum Gasteiger partial charge on any atom is -0.494 e. The molecule has 0 saturated heterocycles. The van der Waals surface area contributed by atoms with Gasteiger partial charge in [-0.05, 0) is 56.0 Å². The van der Waals surface area contributed by atoms with E-state index in [2.05, 4.69) is 4.98 Å². The molecule has 2 heterocycles. The number of nitrogens with one attached hydrogen (secondary N) is 1. The fourth-order valence-electron chi connectivity index (χ4n) is 3.99. The van der Waals surface area contributed by atoms with E-state index in [9.17, 15) is 9.18 Å². The van der Waals surface area contributed by atoms with Gasteiger partial charge in [-0.3, -0.25) is 4.90 Å². The molecule has 0 bridgehead atoms. The van der Waals surface area contributed by atoms with Crippen LogP contribution in [0, 0.1) is 5.82 Å². The Morgan fingerprint density at radius 3 is 2.83 bits per heavy atom. The van der Waals surface area contributed by atoms with Crippen molar-refractivity contribution in [3.63, 3.8) is 0 Å². The Kier molecular flexibility index (Phi) is 5.13. The lowest BCUT2D eigenvalue weighted by atomic mass is 9.96. The molecule has 1 amide bonds. The van der Waals surface area contributed by atoms with Gasteiger partial charge in [0.1, 0.15) is 5.82 Å². The fraction of sp³-hybridized carbons (Fsp3) is 0.364. The zero-order chi connectivity index (χ0) is 20.5. The third kappa shape index (κ3) is 3.52. The molecule has 1 aromatic heterocycles. The summed E-state index contributed by atoms with van der Waals surface area (Å²) in [6.45, 7) is 2.02. The molecule has 1 N–H and O–H groups in total. The highest BCUT2D eigenvalue weighted by molar-refractivity contribution is 5.95. The number of nitrogens with zero attached hydrogens (tertiary/aromatic N) is 2. The van der Waals surface area contributed by atoms with Crippen LogP contribution >= 0.6 is 0 Å². The topological polar surface area (TPSA) is 67.5 Å². The van der Waals surface area contributed by atoms with Crippen LogP contribution in [0.1, 0.15) is 30.3 Å². The predicted molar refractivity (Wildman–Crippen MR) is 109 cm³/mol. The lowest BCUT2D eigenvalue weighted by molar-refractivity contribution is 0.175. The van der Waals surface area contributed by atoms with E-state index >= 15 is 0 Å². The van der Waals surface area contributed by atoms with Crippen molar-refractivity contribution in [2.24, 2.45) is 0 Å². The number of rotatable bonds is 4. The molecule has 0 radical (unpaired) electrons. The van der Waals surface area contributed by atoms with E-state index in [-0.39, 0.29) is 23.7 Å². The smallest absolute Gasteiger partial charge is 0.414 e. The molecule has 2 aromatic carbocycles. The first-order valence-electron chi connectivity index (χ1n) is 9.72. The van der Waals surface area contributed by atoms with Gasteiger partial charge in [-0.15, -0.1) is 0 Å². The Morgan fingerprint density at radius 2 is 2.10 bits per heavy atom. The fourth-order valence-corrected chi connectivity index (χ4v) is 3.99. The molecular weight excluding hydrogens is 373 g/mol. The van der Waals surface area contributed by atoms with Crippen molar-refractivity contribution in [1.29, 1.82) is 0 Å². The number of carbonyl (C=O) groups is 1. The molecule has 0 spiro atoms. The molecule has 0 saturated carbocycles. The number of aromatic nitrogens is 2. The number of hydrogen-bond donors (Lipinski definition) is 1. The highest BCUT2D eigenvalue weighted by atomic mass is 19.1. The highest BCUT2D eigenvalue weighted by Gasteiger charge is 2.30. The normalized spacial score (nSPS) is 16.0. The number of halogens is 1. The van der Waals surface area contributed by atoms with Crippen LogP contribution in [0.15, 0.2) is 30.3 Å². The summed E-state index contributed by atoms with van der Waals surface area (Å²) in [5, 5.41) is 0. The minimum absolute atomic E-state index is 0.0794. The number of aryl methyl sites for hydroxylation is 3. The largest absolute Gasteiger partial charge is 0.494 e. The molecule has 3 aromatic rings. The van der Waals surface area contributed by atoms with E-state index in [4.69, 9.17) is 14.5 Å². The molecule has 4 rings (SSSR count). The van der Waals surface area contributed by atoms with Gasteiger partial charge < -0.3 is 14.5 Å². The Morgan fingerprint density at radius 1 is 1.28 bits per heavy atom. The van der Waals surface area contributed by atoms with Crippen molar-refractivity contribution in [2.45, 2.75) is 38.6 Å². The Balaban J connectivity index is 1.60. The third-order valence-electron chi connectivity index (χ3n) is 5.53. The molecular formula is C22H24FN3O3. The number of imidazole rings is 1. The number of benzene rings is 2. The van der Waals surface area contributed by atoms with Gasteiger partial charge in [0.2, 0.25) is 0 Å². The lowest BCUT2D eigenvalue weighted by Crippen LogP contribution is -2.42. The van der Waals surface area contributed by atoms with E-state index in [1.807, 2.05) is 25.1 Å². The van der Waals surface area contributed by atoms with Crippen LogP contribution in [0.3, 0.4) is 0 Å².